The van der Waals surface area contributed by atoms with Gasteiger partial charge in [0.2, 0.25) is 5.91 Å². The molecule has 4 rings (SSSR count). The summed E-state index contributed by atoms with van der Waals surface area (Å²) in [5.41, 5.74) is 3.03. The van der Waals surface area contributed by atoms with Gasteiger partial charge in [0.15, 0.2) is 0 Å². The Hall–Kier alpha value is -3.07. The molecule has 1 aliphatic carbocycles. The number of nitrogens with one attached hydrogen (secondary N) is 1. The monoisotopic (exact) mass is 473 g/mol. The number of amides is 1. The van der Waals surface area contributed by atoms with Crippen molar-refractivity contribution in [2.45, 2.75) is 70.2 Å². The molecule has 1 heterocycles. The van der Waals surface area contributed by atoms with Gasteiger partial charge in [-0.05, 0) is 43.4 Å². The first-order chi connectivity index (χ1) is 17.0. The van der Waals surface area contributed by atoms with Crippen LogP contribution in [0.3, 0.4) is 0 Å². The molecular weight excluding hydrogens is 438 g/mol. The summed E-state index contributed by atoms with van der Waals surface area (Å²) in [6.45, 7) is 3.78. The predicted molar refractivity (Wildman–Crippen MR) is 138 cm³/mol. The van der Waals surface area contributed by atoms with Crippen molar-refractivity contribution >= 4 is 11.6 Å². The zero-order chi connectivity index (χ0) is 24.8. The van der Waals surface area contributed by atoms with Crippen LogP contribution >= 0.6 is 0 Å². The van der Waals surface area contributed by atoms with Crippen LogP contribution in [0.2, 0.25) is 0 Å². The highest BCUT2D eigenvalue weighted by molar-refractivity contribution is 5.90. The minimum Gasteiger partial charge on any atom is -0.489 e. The van der Waals surface area contributed by atoms with Crippen LogP contribution in [0.5, 0.6) is 5.75 Å². The van der Waals surface area contributed by atoms with E-state index < -0.39 is 12.2 Å². The van der Waals surface area contributed by atoms with E-state index in [1.54, 1.807) is 6.92 Å². The van der Waals surface area contributed by atoms with E-state index in [0.29, 0.717) is 19.3 Å². The SMILES string of the molecule is CC#CC[C@@H](C)[C@H](O)C=C[C@@H]1[C@H]2c3cccc(CCCC(=O)Nc4ccccc4)c3O[C@H]2C[C@H]1O. The van der Waals surface area contributed by atoms with Crippen LogP contribution in [0, 0.1) is 23.7 Å². The molecule has 0 aromatic heterocycles. The second kappa shape index (κ2) is 11.6. The van der Waals surface area contributed by atoms with Crippen molar-refractivity contribution in [2.75, 3.05) is 5.32 Å². The van der Waals surface area contributed by atoms with E-state index in [9.17, 15) is 15.0 Å². The number of rotatable bonds is 9. The van der Waals surface area contributed by atoms with Crippen molar-refractivity contribution in [3.8, 4) is 17.6 Å². The summed E-state index contributed by atoms with van der Waals surface area (Å²) in [5.74, 6) is 6.80. The molecule has 1 aliphatic heterocycles. The number of aliphatic hydroxyl groups is 2. The van der Waals surface area contributed by atoms with Crippen LogP contribution in [0.25, 0.3) is 0 Å². The van der Waals surface area contributed by atoms with Crippen LogP contribution < -0.4 is 10.1 Å². The average Bonchev–Trinajstić information content (AvgIpc) is 3.36. The largest absolute Gasteiger partial charge is 0.489 e. The highest BCUT2D eigenvalue weighted by Crippen LogP contribution is 2.52. The molecule has 2 aromatic rings. The van der Waals surface area contributed by atoms with Crippen molar-refractivity contribution in [1.82, 2.24) is 0 Å². The van der Waals surface area contributed by atoms with E-state index in [4.69, 9.17) is 4.74 Å². The molecule has 5 nitrogen and oxygen atoms in total. The Morgan fingerprint density at radius 2 is 2.03 bits per heavy atom. The maximum Gasteiger partial charge on any atom is 0.224 e. The van der Waals surface area contributed by atoms with Gasteiger partial charge in [-0.2, -0.15) is 0 Å². The lowest BCUT2D eigenvalue weighted by atomic mass is 9.86. The van der Waals surface area contributed by atoms with Crippen molar-refractivity contribution in [3.05, 3.63) is 71.8 Å². The van der Waals surface area contributed by atoms with Gasteiger partial charge in [0.1, 0.15) is 11.9 Å². The molecule has 2 aliphatic rings. The zero-order valence-corrected chi connectivity index (χ0v) is 20.5. The molecule has 0 spiro atoms. The van der Waals surface area contributed by atoms with Crippen molar-refractivity contribution in [2.24, 2.45) is 11.8 Å². The van der Waals surface area contributed by atoms with Gasteiger partial charge >= 0.3 is 0 Å². The van der Waals surface area contributed by atoms with E-state index in [-0.39, 0.29) is 29.8 Å². The van der Waals surface area contributed by atoms with E-state index in [0.717, 1.165) is 35.4 Å². The minimum atomic E-state index is -0.600. The molecule has 1 amide bonds. The molecular formula is C30H35NO4. The lowest BCUT2D eigenvalue weighted by Crippen LogP contribution is -2.19. The van der Waals surface area contributed by atoms with Gasteiger partial charge in [-0.15, -0.1) is 11.8 Å². The first-order valence-corrected chi connectivity index (χ1v) is 12.5. The predicted octanol–water partition coefficient (Wildman–Crippen LogP) is 4.84. The summed E-state index contributed by atoms with van der Waals surface area (Å²) in [7, 11) is 0. The van der Waals surface area contributed by atoms with E-state index in [1.165, 1.54) is 0 Å². The summed E-state index contributed by atoms with van der Waals surface area (Å²) in [6, 6.07) is 15.7. The highest BCUT2D eigenvalue weighted by atomic mass is 16.5. The normalized spacial score (nSPS) is 24.1. The first-order valence-electron chi connectivity index (χ1n) is 12.5. The fourth-order valence-corrected chi connectivity index (χ4v) is 5.17. The average molecular weight is 474 g/mol. The topological polar surface area (TPSA) is 78.8 Å². The smallest absolute Gasteiger partial charge is 0.224 e. The van der Waals surface area contributed by atoms with Crippen LogP contribution in [0.1, 0.15) is 56.6 Å². The number of carbonyl (C=O) groups is 1. The van der Waals surface area contributed by atoms with Gasteiger partial charge in [0.05, 0.1) is 12.2 Å². The zero-order valence-electron chi connectivity index (χ0n) is 20.5. The fraction of sp³-hybridized carbons (Fsp3) is 0.433. The van der Waals surface area contributed by atoms with Gasteiger partial charge in [-0.3, -0.25) is 4.79 Å². The summed E-state index contributed by atoms with van der Waals surface area (Å²) in [4.78, 5) is 12.3. The number of hydrogen-bond donors (Lipinski definition) is 3. The van der Waals surface area contributed by atoms with Crippen LogP contribution in [0.4, 0.5) is 5.69 Å². The Bertz CT molecular complexity index is 1100. The second-order valence-corrected chi connectivity index (χ2v) is 9.65. The molecule has 1 saturated carbocycles. The van der Waals surface area contributed by atoms with E-state index in [2.05, 4.69) is 29.3 Å². The second-order valence-electron chi connectivity index (χ2n) is 9.65. The molecule has 1 fully saturated rings. The lowest BCUT2D eigenvalue weighted by Gasteiger charge is -2.19. The van der Waals surface area contributed by atoms with Crippen molar-refractivity contribution < 1.29 is 19.7 Å². The standard InChI is InChI=1S/C30H35NO4/c1-3-4-10-20(2)25(32)18-17-23-26(33)19-27-29(23)24-15-8-11-21(30(24)35-27)12-9-16-28(34)31-22-13-6-5-7-14-22/h5-8,11,13-15,17-18,20,23,25-27,29,32-33H,9-10,12,16,19H2,1-2H3,(H,31,34)/t20-,23+,25-,26-,27+,29+/m1/s1. The van der Waals surface area contributed by atoms with Gasteiger partial charge in [0, 0.05) is 42.3 Å². The van der Waals surface area contributed by atoms with Gasteiger partial charge in [-0.1, -0.05) is 55.5 Å². The number of fused-ring (bicyclic) bond motifs is 3. The number of anilines is 1. The van der Waals surface area contributed by atoms with Gasteiger partial charge in [0.25, 0.3) is 0 Å². The molecule has 35 heavy (non-hydrogen) atoms. The molecule has 0 saturated heterocycles. The number of benzene rings is 2. The number of carbonyl (C=O) groups excluding carboxylic acids is 1. The minimum absolute atomic E-state index is 0.00703. The number of aryl methyl sites for hydroxylation is 1. The molecule has 2 aromatic carbocycles. The quantitative estimate of drug-likeness (QED) is 0.360. The third kappa shape index (κ3) is 5.96. The summed E-state index contributed by atoms with van der Waals surface area (Å²) < 4.78 is 6.35. The molecule has 3 N–H and O–H groups in total. The molecule has 0 unspecified atom stereocenters. The third-order valence-corrected chi connectivity index (χ3v) is 7.11. The van der Waals surface area contributed by atoms with E-state index >= 15 is 0 Å². The van der Waals surface area contributed by atoms with Gasteiger partial charge in [-0.25, -0.2) is 0 Å². The Balaban J connectivity index is 1.39. The number of aliphatic hydroxyl groups excluding tert-OH is 2. The number of ether oxygens (including phenoxy) is 1. The van der Waals surface area contributed by atoms with Crippen LogP contribution in [0.15, 0.2) is 60.7 Å². The first kappa shape index (κ1) is 25.0. The summed E-state index contributed by atoms with van der Waals surface area (Å²) in [5, 5.41) is 24.2. The van der Waals surface area contributed by atoms with Crippen LogP contribution in [-0.4, -0.2) is 34.4 Å². The fourth-order valence-electron chi connectivity index (χ4n) is 5.17. The van der Waals surface area contributed by atoms with E-state index in [1.807, 2.05) is 55.5 Å². The lowest BCUT2D eigenvalue weighted by molar-refractivity contribution is -0.116. The van der Waals surface area contributed by atoms with Crippen molar-refractivity contribution in [1.29, 1.82) is 0 Å². The molecule has 184 valence electrons. The third-order valence-electron chi connectivity index (χ3n) is 7.11. The van der Waals surface area contributed by atoms with Crippen molar-refractivity contribution in [3.63, 3.8) is 0 Å². The molecule has 5 heteroatoms. The molecule has 6 atom stereocenters. The Labute approximate surface area is 208 Å². The maximum atomic E-state index is 12.3. The molecule has 0 radical (unpaired) electrons. The Morgan fingerprint density at radius 1 is 1.23 bits per heavy atom. The maximum absolute atomic E-state index is 12.3. The van der Waals surface area contributed by atoms with Gasteiger partial charge < -0.3 is 20.3 Å². The highest BCUT2D eigenvalue weighted by Gasteiger charge is 2.48. The Kier molecular flexibility index (Phi) is 8.28. The molecule has 0 bridgehead atoms. The summed E-state index contributed by atoms with van der Waals surface area (Å²) >= 11 is 0. The number of hydrogen-bond acceptors (Lipinski definition) is 4. The number of para-hydroxylation sites is 2. The summed E-state index contributed by atoms with van der Waals surface area (Å²) in [6.07, 6.45) is 5.73. The Morgan fingerprint density at radius 3 is 2.80 bits per heavy atom. The van der Waals surface area contributed by atoms with Crippen LogP contribution in [-0.2, 0) is 11.2 Å².